The molecule has 0 aromatic heterocycles. The van der Waals surface area contributed by atoms with Gasteiger partial charge >= 0.3 is 6.03 Å². The van der Waals surface area contributed by atoms with Crippen LogP contribution < -0.4 is 10.2 Å². The van der Waals surface area contributed by atoms with Gasteiger partial charge in [0.2, 0.25) is 0 Å². The Balaban J connectivity index is 2.12. The molecule has 2 aromatic carbocycles. The first-order chi connectivity index (χ1) is 9.18. The van der Waals surface area contributed by atoms with Gasteiger partial charge in [0.25, 0.3) is 0 Å². The van der Waals surface area contributed by atoms with Crippen LogP contribution in [0.25, 0.3) is 5.70 Å². The molecule has 0 unspecified atom stereocenters. The minimum absolute atomic E-state index is 0.169. The maximum Gasteiger partial charge on any atom is 0.330 e. The molecule has 0 spiro atoms. The third-order valence-electron chi connectivity index (χ3n) is 3.31. The Kier molecular flexibility index (Phi) is 2.60. The molecule has 3 heteroatoms. The molecule has 2 aromatic rings. The fraction of sp³-hybridized carbons (Fsp3) is 0.0625. The van der Waals surface area contributed by atoms with E-state index in [-0.39, 0.29) is 6.03 Å². The van der Waals surface area contributed by atoms with Crippen molar-refractivity contribution in [1.82, 2.24) is 0 Å². The van der Waals surface area contributed by atoms with Crippen LogP contribution in [0.1, 0.15) is 11.1 Å². The van der Waals surface area contributed by atoms with Gasteiger partial charge in [-0.05, 0) is 24.6 Å². The summed E-state index contributed by atoms with van der Waals surface area (Å²) in [6.45, 7) is 6.05. The van der Waals surface area contributed by atoms with Gasteiger partial charge in [0.15, 0.2) is 0 Å². The summed E-state index contributed by atoms with van der Waals surface area (Å²) in [5.74, 6) is 0. The van der Waals surface area contributed by atoms with Crippen LogP contribution in [0.5, 0.6) is 0 Å². The molecule has 0 aliphatic carbocycles. The van der Waals surface area contributed by atoms with E-state index >= 15 is 0 Å². The van der Waals surface area contributed by atoms with E-state index in [1.165, 1.54) is 0 Å². The van der Waals surface area contributed by atoms with Crippen molar-refractivity contribution in [1.29, 1.82) is 0 Å². The van der Waals surface area contributed by atoms with Crippen molar-refractivity contribution in [2.24, 2.45) is 0 Å². The van der Waals surface area contributed by atoms with E-state index in [0.29, 0.717) is 5.70 Å². The largest absolute Gasteiger partial charge is 0.330 e. The fourth-order valence-corrected chi connectivity index (χ4v) is 2.33. The maximum absolute atomic E-state index is 12.3. The summed E-state index contributed by atoms with van der Waals surface area (Å²) in [5, 5.41) is 2.89. The lowest BCUT2D eigenvalue weighted by molar-refractivity contribution is 0.258. The minimum Gasteiger partial charge on any atom is -0.307 e. The molecule has 0 saturated heterocycles. The Morgan fingerprint density at radius 3 is 2.53 bits per heavy atom. The van der Waals surface area contributed by atoms with E-state index in [1.807, 2.05) is 55.5 Å². The van der Waals surface area contributed by atoms with E-state index in [4.69, 9.17) is 0 Å². The van der Waals surface area contributed by atoms with Crippen LogP contribution in [0.2, 0.25) is 0 Å². The molecular formula is C16H14N2O. The first kappa shape index (κ1) is 11.5. The number of hydrogen-bond acceptors (Lipinski definition) is 1. The van der Waals surface area contributed by atoms with Crippen LogP contribution in [-0.2, 0) is 0 Å². The molecule has 94 valence electrons. The topological polar surface area (TPSA) is 32.3 Å². The quantitative estimate of drug-likeness (QED) is 0.814. The predicted molar refractivity (Wildman–Crippen MR) is 78.2 cm³/mol. The van der Waals surface area contributed by atoms with Crippen LogP contribution >= 0.6 is 0 Å². The summed E-state index contributed by atoms with van der Waals surface area (Å²) < 4.78 is 0. The van der Waals surface area contributed by atoms with Gasteiger partial charge in [-0.15, -0.1) is 0 Å². The second-order valence-corrected chi connectivity index (χ2v) is 4.54. The second kappa shape index (κ2) is 4.28. The van der Waals surface area contributed by atoms with E-state index in [0.717, 1.165) is 22.5 Å². The van der Waals surface area contributed by atoms with E-state index in [9.17, 15) is 4.79 Å². The SMILES string of the molecule is C=C1c2ccccc2NC(=O)N1c1ccccc1C. The zero-order valence-corrected chi connectivity index (χ0v) is 10.7. The number of nitrogens with zero attached hydrogens (tertiary/aromatic N) is 1. The van der Waals surface area contributed by atoms with Crippen molar-refractivity contribution in [2.45, 2.75) is 6.92 Å². The molecule has 3 nitrogen and oxygen atoms in total. The number of anilines is 2. The maximum atomic E-state index is 12.3. The van der Waals surface area contributed by atoms with Crippen LogP contribution in [0.15, 0.2) is 55.1 Å². The summed E-state index contributed by atoms with van der Waals surface area (Å²) in [4.78, 5) is 13.9. The highest BCUT2D eigenvalue weighted by Gasteiger charge is 2.27. The van der Waals surface area contributed by atoms with Gasteiger partial charge in [0.05, 0.1) is 17.1 Å². The number of amides is 2. The van der Waals surface area contributed by atoms with Crippen LogP contribution in [0.4, 0.5) is 16.2 Å². The van der Waals surface area contributed by atoms with Crippen LogP contribution in [0, 0.1) is 6.92 Å². The van der Waals surface area contributed by atoms with Crippen molar-refractivity contribution >= 4 is 23.1 Å². The summed E-state index contributed by atoms with van der Waals surface area (Å²) in [7, 11) is 0. The molecule has 0 atom stereocenters. The van der Waals surface area contributed by atoms with Gasteiger partial charge in [-0.2, -0.15) is 0 Å². The number of benzene rings is 2. The highest BCUT2D eigenvalue weighted by atomic mass is 16.2. The van der Waals surface area contributed by atoms with E-state index < -0.39 is 0 Å². The molecule has 0 radical (unpaired) electrons. The molecule has 0 bridgehead atoms. The normalized spacial score (nSPS) is 14.1. The van der Waals surface area contributed by atoms with Crippen molar-refractivity contribution in [2.75, 3.05) is 10.2 Å². The number of urea groups is 1. The Hall–Kier alpha value is -2.55. The standard InChI is InChI=1S/C16H14N2O/c1-11-7-3-6-10-15(11)18-12(2)13-8-4-5-9-14(13)17-16(18)19/h3-10H,2H2,1H3,(H,17,19). The minimum atomic E-state index is -0.169. The van der Waals surface area contributed by atoms with E-state index in [1.54, 1.807) is 4.90 Å². The Bertz CT molecular complexity index is 676. The van der Waals surface area contributed by atoms with Crippen LogP contribution in [0.3, 0.4) is 0 Å². The first-order valence-corrected chi connectivity index (χ1v) is 6.13. The number of para-hydroxylation sites is 2. The molecule has 19 heavy (non-hydrogen) atoms. The lowest BCUT2D eigenvalue weighted by Gasteiger charge is -2.32. The molecule has 0 saturated carbocycles. The second-order valence-electron chi connectivity index (χ2n) is 4.54. The molecule has 1 heterocycles. The zero-order valence-electron chi connectivity index (χ0n) is 10.7. The fourth-order valence-electron chi connectivity index (χ4n) is 2.33. The number of nitrogens with one attached hydrogen (secondary N) is 1. The highest BCUT2D eigenvalue weighted by molar-refractivity contribution is 6.16. The van der Waals surface area contributed by atoms with E-state index in [2.05, 4.69) is 11.9 Å². The number of fused-ring (bicyclic) bond motifs is 1. The summed E-state index contributed by atoms with van der Waals surface area (Å²) in [6.07, 6.45) is 0. The van der Waals surface area contributed by atoms with Crippen molar-refractivity contribution in [3.63, 3.8) is 0 Å². The number of carbonyl (C=O) groups excluding carboxylic acids is 1. The molecular weight excluding hydrogens is 236 g/mol. The van der Waals surface area contributed by atoms with Crippen molar-refractivity contribution in [3.8, 4) is 0 Å². The lowest BCUT2D eigenvalue weighted by atomic mass is 10.1. The highest BCUT2D eigenvalue weighted by Crippen LogP contribution is 2.35. The zero-order chi connectivity index (χ0) is 13.4. The monoisotopic (exact) mass is 250 g/mol. The average Bonchev–Trinajstić information content (AvgIpc) is 2.41. The smallest absolute Gasteiger partial charge is 0.307 e. The van der Waals surface area contributed by atoms with Gasteiger partial charge in [0.1, 0.15) is 0 Å². The summed E-state index contributed by atoms with van der Waals surface area (Å²) in [6, 6.07) is 15.3. The van der Waals surface area contributed by atoms with Gasteiger partial charge in [0, 0.05) is 5.56 Å². The predicted octanol–water partition coefficient (Wildman–Crippen LogP) is 4.02. The van der Waals surface area contributed by atoms with Gasteiger partial charge in [-0.25, -0.2) is 4.79 Å². The molecule has 1 aliphatic heterocycles. The Labute approximate surface area is 112 Å². The molecule has 2 amide bonds. The third-order valence-corrected chi connectivity index (χ3v) is 3.31. The first-order valence-electron chi connectivity index (χ1n) is 6.13. The van der Waals surface area contributed by atoms with Gasteiger partial charge < -0.3 is 5.32 Å². The Morgan fingerprint density at radius 1 is 1.05 bits per heavy atom. The molecule has 0 fully saturated rings. The van der Waals surface area contributed by atoms with Gasteiger partial charge in [-0.3, -0.25) is 4.90 Å². The number of aryl methyl sites for hydroxylation is 1. The average molecular weight is 250 g/mol. The number of rotatable bonds is 1. The Morgan fingerprint density at radius 2 is 1.74 bits per heavy atom. The van der Waals surface area contributed by atoms with Crippen LogP contribution in [-0.4, -0.2) is 6.03 Å². The lowest BCUT2D eigenvalue weighted by Crippen LogP contribution is -2.37. The third kappa shape index (κ3) is 1.80. The van der Waals surface area contributed by atoms with Crippen molar-refractivity contribution in [3.05, 3.63) is 66.2 Å². The van der Waals surface area contributed by atoms with Crippen molar-refractivity contribution < 1.29 is 4.79 Å². The summed E-state index contributed by atoms with van der Waals surface area (Å²) >= 11 is 0. The molecule has 1 aliphatic rings. The number of hydrogen-bond donors (Lipinski definition) is 1. The number of carbonyl (C=O) groups is 1. The molecule has 3 rings (SSSR count). The van der Waals surface area contributed by atoms with Gasteiger partial charge in [-0.1, -0.05) is 43.0 Å². The molecule has 1 N–H and O–H groups in total. The summed E-state index contributed by atoms with van der Waals surface area (Å²) in [5.41, 5.74) is 4.36.